The molecule has 0 radical (unpaired) electrons. The molecule has 4 heteroatoms. The molecule has 2 aromatic rings. The van der Waals surface area contributed by atoms with E-state index in [0.29, 0.717) is 13.0 Å². The van der Waals surface area contributed by atoms with Crippen LogP contribution < -0.4 is 10.1 Å². The quantitative estimate of drug-likeness (QED) is 0.463. The van der Waals surface area contributed by atoms with Gasteiger partial charge < -0.3 is 15.2 Å². The van der Waals surface area contributed by atoms with Gasteiger partial charge >= 0.3 is 5.97 Å². The van der Waals surface area contributed by atoms with Gasteiger partial charge in [0.1, 0.15) is 12.4 Å². The normalized spacial score (nSPS) is 11.9. The van der Waals surface area contributed by atoms with Crippen molar-refractivity contribution in [2.45, 2.75) is 45.4 Å². The van der Waals surface area contributed by atoms with Crippen LogP contribution in [-0.4, -0.2) is 30.8 Å². The molecule has 2 aromatic carbocycles. The number of carboxylic acids is 1. The van der Waals surface area contributed by atoms with Gasteiger partial charge in [-0.3, -0.25) is 4.79 Å². The van der Waals surface area contributed by atoms with Crippen molar-refractivity contribution >= 4 is 5.97 Å². The number of carboxylic acid groups (broad SMARTS) is 1. The van der Waals surface area contributed by atoms with Crippen molar-refractivity contribution in [2.24, 2.45) is 5.92 Å². The van der Waals surface area contributed by atoms with Crippen LogP contribution in [0, 0.1) is 5.92 Å². The van der Waals surface area contributed by atoms with Crippen molar-refractivity contribution in [3.63, 3.8) is 0 Å². The highest BCUT2D eigenvalue weighted by Crippen LogP contribution is 2.18. The lowest BCUT2D eigenvalue weighted by molar-refractivity contribution is -0.142. The molecular weight excluding hydrogens is 350 g/mol. The minimum atomic E-state index is -0.702. The van der Waals surface area contributed by atoms with E-state index in [1.165, 1.54) is 5.56 Å². The maximum absolute atomic E-state index is 11.4. The second-order valence-corrected chi connectivity index (χ2v) is 7.21. The second kappa shape index (κ2) is 12.9. The summed E-state index contributed by atoms with van der Waals surface area (Å²) in [6.07, 6.45) is 5.50. The summed E-state index contributed by atoms with van der Waals surface area (Å²) in [7, 11) is 0. The van der Waals surface area contributed by atoms with Gasteiger partial charge in [0, 0.05) is 6.54 Å². The van der Waals surface area contributed by atoms with Crippen LogP contribution in [0.3, 0.4) is 0 Å². The largest absolute Gasteiger partial charge is 0.492 e. The monoisotopic (exact) mass is 383 g/mol. The number of hydrogen-bond acceptors (Lipinski definition) is 3. The first-order chi connectivity index (χ1) is 13.7. The Morgan fingerprint density at radius 3 is 2.43 bits per heavy atom. The Hall–Kier alpha value is -2.33. The highest BCUT2D eigenvalue weighted by molar-refractivity contribution is 5.70. The van der Waals surface area contributed by atoms with Gasteiger partial charge in [0.25, 0.3) is 0 Å². The van der Waals surface area contributed by atoms with Crippen LogP contribution in [-0.2, 0) is 17.6 Å². The first-order valence-electron chi connectivity index (χ1n) is 10.4. The average Bonchev–Trinajstić information content (AvgIpc) is 2.72. The van der Waals surface area contributed by atoms with Gasteiger partial charge in [0.15, 0.2) is 0 Å². The molecule has 0 fully saturated rings. The van der Waals surface area contributed by atoms with E-state index in [4.69, 9.17) is 4.74 Å². The van der Waals surface area contributed by atoms with Gasteiger partial charge in [0.05, 0.1) is 5.92 Å². The highest BCUT2D eigenvalue weighted by Gasteiger charge is 2.17. The van der Waals surface area contributed by atoms with E-state index < -0.39 is 5.97 Å². The van der Waals surface area contributed by atoms with Gasteiger partial charge in [-0.15, -0.1) is 0 Å². The molecule has 0 aliphatic heterocycles. The predicted octanol–water partition coefficient (Wildman–Crippen LogP) is 4.72. The molecule has 0 spiro atoms. The lowest BCUT2D eigenvalue weighted by Gasteiger charge is -2.12. The molecule has 0 amide bonds. The molecule has 1 atom stereocenters. The van der Waals surface area contributed by atoms with Gasteiger partial charge in [-0.2, -0.15) is 0 Å². The number of unbranched alkanes of at least 4 members (excludes halogenated alkanes) is 1. The second-order valence-electron chi connectivity index (χ2n) is 7.21. The van der Waals surface area contributed by atoms with Crippen LogP contribution in [0.5, 0.6) is 5.75 Å². The first kappa shape index (κ1) is 22.0. The molecule has 2 N–H and O–H groups in total. The maximum atomic E-state index is 11.4. The minimum Gasteiger partial charge on any atom is -0.492 e. The van der Waals surface area contributed by atoms with Crippen molar-refractivity contribution in [1.29, 1.82) is 0 Å². The molecule has 0 aliphatic carbocycles. The van der Waals surface area contributed by atoms with E-state index in [0.717, 1.165) is 56.5 Å². The summed E-state index contributed by atoms with van der Waals surface area (Å²) in [4.78, 5) is 11.4. The molecule has 0 aromatic heterocycles. The van der Waals surface area contributed by atoms with Crippen molar-refractivity contribution in [3.05, 3.63) is 65.7 Å². The Balaban J connectivity index is 1.61. The number of hydrogen-bond donors (Lipinski definition) is 2. The molecule has 152 valence electrons. The fourth-order valence-corrected chi connectivity index (χ4v) is 3.20. The Bertz CT molecular complexity index is 670. The van der Waals surface area contributed by atoms with Crippen LogP contribution in [0.25, 0.3) is 0 Å². The zero-order chi connectivity index (χ0) is 20.0. The summed E-state index contributed by atoms with van der Waals surface area (Å²) in [6.45, 7) is 4.50. The summed E-state index contributed by atoms with van der Waals surface area (Å²) in [5.74, 6) is -0.172. The van der Waals surface area contributed by atoms with Crippen LogP contribution in [0.15, 0.2) is 54.6 Å². The van der Waals surface area contributed by atoms with Gasteiger partial charge in [-0.1, -0.05) is 62.2 Å². The topological polar surface area (TPSA) is 58.6 Å². The molecule has 1 unspecified atom stereocenters. The number of rotatable bonds is 14. The maximum Gasteiger partial charge on any atom is 0.306 e. The van der Waals surface area contributed by atoms with Gasteiger partial charge in [-0.05, 0) is 55.5 Å². The van der Waals surface area contributed by atoms with Crippen molar-refractivity contribution in [3.8, 4) is 5.75 Å². The number of benzene rings is 2. The number of aryl methyl sites for hydroxylation is 1. The summed E-state index contributed by atoms with van der Waals surface area (Å²) >= 11 is 0. The van der Waals surface area contributed by atoms with Crippen LogP contribution in [0.2, 0.25) is 0 Å². The average molecular weight is 384 g/mol. The van der Waals surface area contributed by atoms with Gasteiger partial charge in [0.2, 0.25) is 0 Å². The van der Waals surface area contributed by atoms with Crippen molar-refractivity contribution < 1.29 is 14.6 Å². The Labute approximate surface area is 168 Å². The molecule has 2 rings (SSSR count). The predicted molar refractivity (Wildman–Crippen MR) is 114 cm³/mol. The molecule has 4 nitrogen and oxygen atoms in total. The lowest BCUT2D eigenvalue weighted by atomic mass is 9.94. The van der Waals surface area contributed by atoms with E-state index in [1.54, 1.807) is 0 Å². The van der Waals surface area contributed by atoms with E-state index >= 15 is 0 Å². The van der Waals surface area contributed by atoms with E-state index in [9.17, 15) is 9.90 Å². The molecule has 0 bridgehead atoms. The minimum absolute atomic E-state index is 0.299. The number of carbonyl (C=O) groups is 1. The fraction of sp³-hybridized carbons (Fsp3) is 0.458. The Morgan fingerprint density at radius 2 is 1.75 bits per heavy atom. The van der Waals surface area contributed by atoms with E-state index in [2.05, 4.69) is 36.5 Å². The fourth-order valence-electron chi connectivity index (χ4n) is 3.20. The molecule has 0 heterocycles. The molecule has 0 aliphatic rings. The summed E-state index contributed by atoms with van der Waals surface area (Å²) in [5.41, 5.74) is 2.43. The molecule has 28 heavy (non-hydrogen) atoms. The molecular formula is C24H33NO3. The van der Waals surface area contributed by atoms with Crippen molar-refractivity contribution in [1.82, 2.24) is 5.32 Å². The third-order valence-corrected chi connectivity index (χ3v) is 4.87. The zero-order valence-corrected chi connectivity index (χ0v) is 16.9. The molecule has 0 saturated heterocycles. The number of aliphatic carboxylic acids is 1. The lowest BCUT2D eigenvalue weighted by Crippen LogP contribution is -2.22. The zero-order valence-electron chi connectivity index (χ0n) is 16.9. The number of nitrogens with one attached hydrogen (secondary N) is 1. The third kappa shape index (κ3) is 8.57. The standard InChI is InChI=1S/C24H33NO3/c1-2-3-11-22(24(26)27)19-21-12-14-23(15-13-21)28-18-17-25-16-7-10-20-8-5-4-6-9-20/h4-6,8-9,12-15,22,25H,2-3,7,10-11,16-19H2,1H3,(H,26,27). The Morgan fingerprint density at radius 1 is 1.00 bits per heavy atom. The molecule has 0 saturated carbocycles. The van der Waals surface area contributed by atoms with E-state index in [1.807, 2.05) is 30.3 Å². The Kier molecular flexibility index (Phi) is 10.2. The SMILES string of the molecule is CCCCC(Cc1ccc(OCCNCCCc2ccccc2)cc1)C(=O)O. The smallest absolute Gasteiger partial charge is 0.306 e. The summed E-state index contributed by atoms with van der Waals surface area (Å²) in [6, 6.07) is 18.3. The summed E-state index contributed by atoms with van der Waals surface area (Å²) in [5, 5.41) is 12.8. The van der Waals surface area contributed by atoms with Crippen LogP contribution in [0.1, 0.15) is 43.7 Å². The van der Waals surface area contributed by atoms with Gasteiger partial charge in [-0.25, -0.2) is 0 Å². The highest BCUT2D eigenvalue weighted by atomic mass is 16.5. The van der Waals surface area contributed by atoms with Crippen LogP contribution >= 0.6 is 0 Å². The van der Waals surface area contributed by atoms with E-state index in [-0.39, 0.29) is 5.92 Å². The first-order valence-corrected chi connectivity index (χ1v) is 10.4. The third-order valence-electron chi connectivity index (χ3n) is 4.87. The summed E-state index contributed by atoms with van der Waals surface area (Å²) < 4.78 is 5.76. The number of ether oxygens (including phenoxy) is 1. The van der Waals surface area contributed by atoms with Crippen molar-refractivity contribution in [2.75, 3.05) is 19.7 Å². The van der Waals surface area contributed by atoms with Crippen LogP contribution in [0.4, 0.5) is 0 Å².